The molecule has 37 heavy (non-hydrogen) atoms. The fourth-order valence-electron chi connectivity index (χ4n) is 3.43. The van der Waals surface area contributed by atoms with Crippen LogP contribution in [0.15, 0.2) is 72.8 Å². The van der Waals surface area contributed by atoms with E-state index in [-0.39, 0.29) is 17.1 Å². The average Bonchev–Trinajstić information content (AvgIpc) is 2.89. The Hall–Kier alpha value is -5.00. The first-order valence-corrected chi connectivity index (χ1v) is 11.1. The van der Waals surface area contributed by atoms with Crippen molar-refractivity contribution in [2.24, 2.45) is 0 Å². The number of hydrogen-bond donors (Lipinski definition) is 1. The number of nitrogens with zero attached hydrogens (tertiary/aromatic N) is 3. The van der Waals surface area contributed by atoms with Gasteiger partial charge in [-0.2, -0.15) is 4.90 Å². The number of rotatable bonds is 8. The van der Waals surface area contributed by atoms with Crippen LogP contribution in [-0.4, -0.2) is 29.1 Å². The maximum absolute atomic E-state index is 13.2. The molecule has 0 aromatic heterocycles. The van der Waals surface area contributed by atoms with Crippen LogP contribution in [0.1, 0.15) is 37.2 Å². The van der Waals surface area contributed by atoms with E-state index in [9.17, 15) is 29.8 Å². The largest absolute Gasteiger partial charge is 0.441 e. The lowest BCUT2D eigenvalue weighted by Crippen LogP contribution is -2.39. The van der Waals surface area contributed by atoms with Crippen molar-refractivity contribution in [2.75, 3.05) is 17.3 Å². The average molecular weight is 508 g/mol. The molecule has 2 amide bonds. The SMILES string of the molecule is CNc1ccccc1N(C(=O)OC(C)c1ccc([N+](=O)[O-])cc1)C(=O)OC(C)c1ccc([N+](=O)[O-])cc1. The molecule has 0 spiro atoms. The molecule has 0 bridgehead atoms. The summed E-state index contributed by atoms with van der Waals surface area (Å²) in [4.78, 5) is 47.9. The molecule has 2 unspecified atom stereocenters. The number of nitro groups is 2. The summed E-state index contributed by atoms with van der Waals surface area (Å²) in [5, 5.41) is 24.7. The zero-order chi connectivity index (χ0) is 27.1. The van der Waals surface area contributed by atoms with Gasteiger partial charge in [0.2, 0.25) is 0 Å². The second-order valence-electron chi connectivity index (χ2n) is 7.85. The van der Waals surface area contributed by atoms with Gasteiger partial charge < -0.3 is 14.8 Å². The van der Waals surface area contributed by atoms with Gasteiger partial charge in [-0.05, 0) is 61.4 Å². The topological polar surface area (TPSA) is 154 Å². The van der Waals surface area contributed by atoms with Gasteiger partial charge in [-0.1, -0.05) is 12.1 Å². The van der Waals surface area contributed by atoms with E-state index in [4.69, 9.17) is 9.47 Å². The normalized spacial score (nSPS) is 12.1. The predicted molar refractivity (Wildman–Crippen MR) is 134 cm³/mol. The van der Waals surface area contributed by atoms with Gasteiger partial charge in [0, 0.05) is 31.3 Å². The standard InChI is InChI=1S/C25H24N4O8/c1-16(18-8-12-20(13-9-18)28(32)33)36-24(30)27(23-7-5-4-6-22(23)26-3)25(31)37-17(2)19-10-14-21(15-11-19)29(34)35/h4-17,26H,1-3H3. The Bertz CT molecular complexity index is 1220. The molecule has 0 aliphatic heterocycles. The van der Waals surface area contributed by atoms with Crippen molar-refractivity contribution >= 4 is 34.9 Å². The van der Waals surface area contributed by atoms with Crippen molar-refractivity contribution in [1.29, 1.82) is 0 Å². The number of nitro benzene ring substituents is 2. The van der Waals surface area contributed by atoms with Crippen LogP contribution < -0.4 is 10.2 Å². The number of anilines is 2. The maximum Gasteiger partial charge on any atom is 0.424 e. The molecule has 3 rings (SSSR count). The fraction of sp³-hybridized carbons (Fsp3) is 0.200. The number of hydrogen-bond acceptors (Lipinski definition) is 9. The van der Waals surface area contributed by atoms with Gasteiger partial charge in [0.25, 0.3) is 11.4 Å². The lowest BCUT2D eigenvalue weighted by Gasteiger charge is -2.25. The molecule has 0 aliphatic rings. The Morgan fingerprint density at radius 3 is 1.54 bits per heavy atom. The van der Waals surface area contributed by atoms with Crippen LogP contribution in [0.3, 0.4) is 0 Å². The molecule has 0 fully saturated rings. The Morgan fingerprint density at radius 2 is 1.16 bits per heavy atom. The van der Waals surface area contributed by atoms with Crippen LogP contribution in [0.5, 0.6) is 0 Å². The Balaban J connectivity index is 1.85. The van der Waals surface area contributed by atoms with Gasteiger partial charge >= 0.3 is 12.2 Å². The number of non-ortho nitro benzene ring substituents is 2. The minimum atomic E-state index is -1.03. The van der Waals surface area contributed by atoms with Gasteiger partial charge in [0.05, 0.1) is 21.2 Å². The first-order chi connectivity index (χ1) is 17.6. The van der Waals surface area contributed by atoms with Crippen molar-refractivity contribution in [3.05, 3.63) is 104 Å². The van der Waals surface area contributed by atoms with Gasteiger partial charge in [-0.25, -0.2) is 9.59 Å². The van der Waals surface area contributed by atoms with Crippen molar-refractivity contribution in [2.45, 2.75) is 26.1 Å². The number of carbonyl (C=O) groups excluding carboxylic acids is 2. The molecule has 0 heterocycles. The Labute approximate surface area is 211 Å². The molecule has 12 nitrogen and oxygen atoms in total. The summed E-state index contributed by atoms with van der Waals surface area (Å²) in [5.41, 5.74) is 1.35. The quantitative estimate of drug-likeness (QED) is 0.279. The van der Waals surface area contributed by atoms with Crippen molar-refractivity contribution < 1.29 is 28.9 Å². The zero-order valence-corrected chi connectivity index (χ0v) is 20.2. The summed E-state index contributed by atoms with van der Waals surface area (Å²) in [6.07, 6.45) is -3.76. The first-order valence-electron chi connectivity index (χ1n) is 11.1. The molecule has 192 valence electrons. The van der Waals surface area contributed by atoms with Crippen LogP contribution in [0.25, 0.3) is 0 Å². The van der Waals surface area contributed by atoms with Gasteiger partial charge in [-0.3, -0.25) is 20.2 Å². The highest BCUT2D eigenvalue weighted by Gasteiger charge is 2.31. The van der Waals surface area contributed by atoms with Crippen molar-refractivity contribution in [3.8, 4) is 0 Å². The van der Waals surface area contributed by atoms with Crippen molar-refractivity contribution in [3.63, 3.8) is 0 Å². The number of ether oxygens (including phenoxy) is 2. The lowest BCUT2D eigenvalue weighted by molar-refractivity contribution is -0.385. The summed E-state index contributed by atoms with van der Waals surface area (Å²) in [5.74, 6) is 0. The molecule has 12 heteroatoms. The third-order valence-corrected chi connectivity index (χ3v) is 5.48. The van der Waals surface area contributed by atoms with E-state index in [1.807, 2.05) is 0 Å². The van der Waals surface area contributed by atoms with Gasteiger partial charge in [0.1, 0.15) is 12.2 Å². The molecule has 1 N–H and O–H groups in total. The van der Waals surface area contributed by atoms with E-state index in [1.54, 1.807) is 39.1 Å². The monoisotopic (exact) mass is 508 g/mol. The summed E-state index contributed by atoms with van der Waals surface area (Å²) in [6, 6.07) is 17.5. The highest BCUT2D eigenvalue weighted by atomic mass is 16.6. The molecule has 0 saturated heterocycles. The van der Waals surface area contributed by atoms with E-state index in [2.05, 4.69) is 5.32 Å². The predicted octanol–water partition coefficient (Wildman–Crippen LogP) is 6.15. The number of amides is 2. The van der Waals surface area contributed by atoms with Crippen LogP contribution in [0.2, 0.25) is 0 Å². The summed E-state index contributed by atoms with van der Waals surface area (Å²) in [6.45, 7) is 3.12. The van der Waals surface area contributed by atoms with Crippen molar-refractivity contribution in [1.82, 2.24) is 0 Å². The fourth-order valence-corrected chi connectivity index (χ4v) is 3.43. The smallest absolute Gasteiger partial charge is 0.424 e. The number of benzene rings is 3. The van der Waals surface area contributed by atoms with Crippen LogP contribution >= 0.6 is 0 Å². The molecular weight excluding hydrogens is 484 g/mol. The van der Waals surface area contributed by atoms with Gasteiger partial charge in [0.15, 0.2) is 0 Å². The van der Waals surface area contributed by atoms with E-state index in [0.29, 0.717) is 16.8 Å². The first kappa shape index (κ1) is 26.6. The lowest BCUT2D eigenvalue weighted by atomic mass is 10.1. The molecule has 0 radical (unpaired) electrons. The molecule has 2 atom stereocenters. The summed E-state index contributed by atoms with van der Waals surface area (Å²) in [7, 11) is 1.62. The van der Waals surface area contributed by atoms with Crippen LogP contribution in [0.4, 0.5) is 32.3 Å². The Kier molecular flexibility index (Phi) is 8.35. The summed E-state index contributed by atoms with van der Waals surface area (Å²) >= 11 is 0. The number of nitrogens with one attached hydrogen (secondary N) is 1. The zero-order valence-electron chi connectivity index (χ0n) is 20.2. The van der Waals surface area contributed by atoms with Crippen LogP contribution in [0, 0.1) is 20.2 Å². The van der Waals surface area contributed by atoms with E-state index in [1.165, 1.54) is 54.6 Å². The molecular formula is C25H24N4O8. The van der Waals surface area contributed by atoms with E-state index >= 15 is 0 Å². The summed E-state index contributed by atoms with van der Waals surface area (Å²) < 4.78 is 11.0. The molecule has 3 aromatic rings. The highest BCUT2D eigenvalue weighted by molar-refractivity contribution is 6.11. The minimum Gasteiger partial charge on any atom is -0.441 e. The van der Waals surface area contributed by atoms with Crippen LogP contribution in [-0.2, 0) is 9.47 Å². The van der Waals surface area contributed by atoms with E-state index in [0.717, 1.165) is 4.90 Å². The Morgan fingerprint density at radius 1 is 0.757 bits per heavy atom. The number of para-hydroxylation sites is 2. The third kappa shape index (κ3) is 6.36. The number of imide groups is 1. The molecule has 0 saturated carbocycles. The molecule has 3 aromatic carbocycles. The third-order valence-electron chi connectivity index (χ3n) is 5.48. The van der Waals surface area contributed by atoms with Gasteiger partial charge in [-0.15, -0.1) is 0 Å². The maximum atomic E-state index is 13.2. The highest BCUT2D eigenvalue weighted by Crippen LogP contribution is 2.30. The van der Waals surface area contributed by atoms with E-state index < -0.39 is 34.2 Å². The number of carbonyl (C=O) groups is 2. The minimum absolute atomic E-state index is 0.115. The molecule has 0 aliphatic carbocycles. The second-order valence-corrected chi connectivity index (χ2v) is 7.85. The second kappa shape index (κ2) is 11.6.